The van der Waals surface area contributed by atoms with Crippen molar-refractivity contribution >= 4 is 29.1 Å². The first-order valence-electron chi connectivity index (χ1n) is 8.20. The van der Waals surface area contributed by atoms with Crippen molar-refractivity contribution in [1.29, 1.82) is 0 Å². The summed E-state index contributed by atoms with van der Waals surface area (Å²) >= 11 is 1.37. The second kappa shape index (κ2) is 8.33. The predicted molar refractivity (Wildman–Crippen MR) is 105 cm³/mol. The number of amides is 1. The number of hydrogen-bond donors (Lipinski definition) is 1. The number of nitro groups is 1. The molecule has 0 fully saturated rings. The topological polar surface area (TPSA) is 97.5 Å². The third-order valence-corrected chi connectivity index (χ3v) is 4.74. The number of nitro benzene ring substituents is 1. The molecule has 1 heterocycles. The number of carbonyl (C=O) groups excluding carboxylic acids is 1. The first kappa shape index (κ1) is 18.4. The Morgan fingerprint density at radius 3 is 2.70 bits per heavy atom. The Labute approximate surface area is 159 Å². The van der Waals surface area contributed by atoms with Gasteiger partial charge in [-0.05, 0) is 18.1 Å². The molecular weight excluding hydrogens is 364 g/mol. The summed E-state index contributed by atoms with van der Waals surface area (Å²) in [7, 11) is 0. The number of thiazole rings is 1. The van der Waals surface area contributed by atoms with E-state index in [0.717, 1.165) is 17.0 Å². The summed E-state index contributed by atoms with van der Waals surface area (Å²) in [6.07, 6.45) is 2.20. The summed E-state index contributed by atoms with van der Waals surface area (Å²) in [5.41, 5.74) is 4.99. The minimum Gasteiger partial charge on any atom is -0.266 e. The van der Waals surface area contributed by atoms with E-state index >= 15 is 0 Å². The van der Waals surface area contributed by atoms with Gasteiger partial charge in [0, 0.05) is 17.0 Å². The molecular formula is C19H16N4O3S. The second-order valence-corrected chi connectivity index (χ2v) is 6.46. The van der Waals surface area contributed by atoms with Gasteiger partial charge in [0.05, 0.1) is 16.7 Å². The van der Waals surface area contributed by atoms with Crippen molar-refractivity contribution in [3.63, 3.8) is 0 Å². The molecule has 0 aliphatic rings. The fourth-order valence-electron chi connectivity index (χ4n) is 2.37. The lowest BCUT2D eigenvalue weighted by atomic mass is 10.1. The van der Waals surface area contributed by atoms with Gasteiger partial charge in [0.2, 0.25) is 0 Å². The Kier molecular flexibility index (Phi) is 5.68. The summed E-state index contributed by atoms with van der Waals surface area (Å²) < 4.78 is 0. The first-order chi connectivity index (χ1) is 13.1. The van der Waals surface area contributed by atoms with Crippen LogP contribution in [0.2, 0.25) is 0 Å². The molecule has 0 bridgehead atoms. The van der Waals surface area contributed by atoms with Gasteiger partial charge in [-0.1, -0.05) is 43.3 Å². The van der Waals surface area contributed by atoms with Crippen molar-refractivity contribution in [3.8, 4) is 10.6 Å². The van der Waals surface area contributed by atoms with Crippen LogP contribution < -0.4 is 5.43 Å². The van der Waals surface area contributed by atoms with E-state index in [1.54, 1.807) is 23.6 Å². The number of hydrogen-bond acceptors (Lipinski definition) is 6. The Hall–Kier alpha value is -3.39. The lowest BCUT2D eigenvalue weighted by Gasteiger charge is -1.99. The van der Waals surface area contributed by atoms with Gasteiger partial charge in [0.25, 0.3) is 11.6 Å². The maximum absolute atomic E-state index is 12.2. The van der Waals surface area contributed by atoms with Crippen LogP contribution in [0, 0.1) is 10.1 Å². The van der Waals surface area contributed by atoms with Gasteiger partial charge in [-0.15, -0.1) is 11.3 Å². The highest BCUT2D eigenvalue weighted by atomic mass is 32.1. The van der Waals surface area contributed by atoms with Crippen molar-refractivity contribution < 1.29 is 9.72 Å². The number of hydrazone groups is 1. The van der Waals surface area contributed by atoms with E-state index in [0.29, 0.717) is 5.56 Å². The van der Waals surface area contributed by atoms with Crippen LogP contribution in [0.15, 0.2) is 59.0 Å². The quantitative estimate of drug-likeness (QED) is 0.396. The number of aromatic nitrogens is 1. The van der Waals surface area contributed by atoms with Crippen LogP contribution in [0.1, 0.15) is 28.5 Å². The highest BCUT2D eigenvalue weighted by Crippen LogP contribution is 2.24. The van der Waals surface area contributed by atoms with Crippen molar-refractivity contribution in [2.24, 2.45) is 5.10 Å². The molecule has 0 saturated heterocycles. The van der Waals surface area contributed by atoms with Crippen LogP contribution >= 0.6 is 11.3 Å². The molecule has 0 aliphatic heterocycles. The lowest BCUT2D eigenvalue weighted by Crippen LogP contribution is -2.18. The van der Waals surface area contributed by atoms with Gasteiger partial charge in [0.1, 0.15) is 10.7 Å². The summed E-state index contributed by atoms with van der Waals surface area (Å²) in [6, 6.07) is 14.2. The Bertz CT molecular complexity index is 996. The molecule has 8 heteroatoms. The first-order valence-corrected chi connectivity index (χ1v) is 9.08. The zero-order valence-corrected chi connectivity index (χ0v) is 15.3. The Morgan fingerprint density at radius 2 is 2.00 bits per heavy atom. The van der Waals surface area contributed by atoms with Crippen LogP contribution in [0.4, 0.5) is 5.69 Å². The fraction of sp³-hybridized carbons (Fsp3) is 0.105. The number of benzene rings is 2. The van der Waals surface area contributed by atoms with E-state index < -0.39 is 10.8 Å². The predicted octanol–water partition coefficient (Wildman–Crippen LogP) is 4.04. The minimum atomic E-state index is -0.500. The fourth-order valence-corrected chi connectivity index (χ4v) is 3.18. The lowest BCUT2D eigenvalue weighted by molar-refractivity contribution is -0.385. The molecule has 1 amide bonds. The number of carbonyl (C=O) groups is 1. The summed E-state index contributed by atoms with van der Waals surface area (Å²) in [5, 5.41) is 17.2. The van der Waals surface area contributed by atoms with Crippen molar-refractivity contribution in [1.82, 2.24) is 10.4 Å². The molecule has 3 rings (SSSR count). The van der Waals surface area contributed by atoms with E-state index in [1.807, 2.05) is 24.3 Å². The van der Waals surface area contributed by atoms with Crippen molar-refractivity contribution in [2.45, 2.75) is 13.3 Å². The summed E-state index contributed by atoms with van der Waals surface area (Å²) in [5.74, 6) is -0.475. The molecule has 0 saturated carbocycles. The maximum Gasteiger partial charge on any atom is 0.290 e. The number of aryl methyl sites for hydroxylation is 1. The molecule has 2 aromatic carbocycles. The number of para-hydroxylation sites is 1. The molecule has 3 aromatic rings. The summed E-state index contributed by atoms with van der Waals surface area (Å²) in [6.45, 7) is 2.09. The van der Waals surface area contributed by atoms with Gasteiger partial charge in [-0.2, -0.15) is 5.10 Å². The number of nitrogens with zero attached hydrogens (tertiary/aromatic N) is 3. The van der Waals surface area contributed by atoms with E-state index in [2.05, 4.69) is 22.4 Å². The van der Waals surface area contributed by atoms with Gasteiger partial charge < -0.3 is 0 Å². The molecule has 1 aromatic heterocycles. The van der Waals surface area contributed by atoms with Crippen LogP contribution in [0.25, 0.3) is 10.6 Å². The molecule has 0 radical (unpaired) electrons. The third-order valence-electron chi connectivity index (χ3n) is 3.85. The van der Waals surface area contributed by atoms with Gasteiger partial charge in [-0.25, -0.2) is 10.4 Å². The van der Waals surface area contributed by atoms with Crippen LogP contribution in [0.5, 0.6) is 0 Å². The average Bonchev–Trinajstić information content (AvgIpc) is 3.18. The van der Waals surface area contributed by atoms with Crippen molar-refractivity contribution in [2.75, 3.05) is 0 Å². The van der Waals surface area contributed by atoms with Gasteiger partial charge in [-0.3, -0.25) is 14.9 Å². The molecule has 1 N–H and O–H groups in total. The van der Waals surface area contributed by atoms with Crippen LogP contribution in [-0.2, 0) is 6.42 Å². The highest BCUT2D eigenvalue weighted by molar-refractivity contribution is 7.13. The van der Waals surface area contributed by atoms with E-state index in [4.69, 9.17) is 0 Å². The number of rotatable bonds is 6. The molecule has 136 valence electrons. The van der Waals surface area contributed by atoms with E-state index in [1.165, 1.54) is 29.2 Å². The third kappa shape index (κ3) is 4.42. The van der Waals surface area contributed by atoms with Crippen LogP contribution in [0.3, 0.4) is 0 Å². The normalized spacial score (nSPS) is 10.9. The van der Waals surface area contributed by atoms with Gasteiger partial charge in [0.15, 0.2) is 0 Å². The molecule has 0 spiro atoms. The largest absolute Gasteiger partial charge is 0.290 e. The molecule has 27 heavy (non-hydrogen) atoms. The summed E-state index contributed by atoms with van der Waals surface area (Å²) in [4.78, 5) is 27.0. The van der Waals surface area contributed by atoms with E-state index in [-0.39, 0.29) is 11.4 Å². The Morgan fingerprint density at radius 1 is 1.26 bits per heavy atom. The molecule has 0 unspecified atom stereocenters. The van der Waals surface area contributed by atoms with Crippen LogP contribution in [-0.4, -0.2) is 22.0 Å². The Balaban J connectivity index is 1.68. The second-order valence-electron chi connectivity index (χ2n) is 5.60. The molecule has 0 atom stereocenters. The smallest absolute Gasteiger partial charge is 0.266 e. The maximum atomic E-state index is 12.2. The average molecular weight is 380 g/mol. The minimum absolute atomic E-state index is 0.0815. The monoisotopic (exact) mass is 380 g/mol. The number of nitrogens with one attached hydrogen (secondary N) is 1. The molecule has 0 aliphatic carbocycles. The zero-order valence-electron chi connectivity index (χ0n) is 14.5. The molecule has 7 nitrogen and oxygen atoms in total. The van der Waals surface area contributed by atoms with Crippen molar-refractivity contribution in [3.05, 3.63) is 80.8 Å². The zero-order chi connectivity index (χ0) is 19.2. The highest BCUT2D eigenvalue weighted by Gasteiger charge is 2.12. The van der Waals surface area contributed by atoms with E-state index in [9.17, 15) is 14.9 Å². The standard InChI is InChI=1S/C19H16N4O3S/c1-2-13-7-9-14(10-8-13)19-21-16(12-27-19)18(24)22-20-11-15-5-3-4-6-17(15)23(25)26/h3-12H,2H2,1H3,(H,22,24)/b20-11-. The SMILES string of the molecule is CCc1ccc(-c2nc(C(=O)N/N=C\c3ccccc3[N+](=O)[O-])cs2)cc1. The van der Waals surface area contributed by atoms with Gasteiger partial charge >= 0.3 is 0 Å².